The monoisotopic (exact) mass is 245 g/mol. The van der Waals surface area contributed by atoms with Gasteiger partial charge in [-0.25, -0.2) is 0 Å². The highest BCUT2D eigenvalue weighted by molar-refractivity contribution is 5.12. The van der Waals surface area contributed by atoms with E-state index in [-0.39, 0.29) is 6.04 Å². The third kappa shape index (κ3) is 2.94. The van der Waals surface area contributed by atoms with Gasteiger partial charge in [0.15, 0.2) is 0 Å². The summed E-state index contributed by atoms with van der Waals surface area (Å²) in [6.07, 6.45) is 7.35. The number of aryl methyl sites for hydroxylation is 2. The molecule has 2 aromatic heterocycles. The molecule has 0 aliphatic rings. The number of hydrogen-bond donors (Lipinski definition) is 2. The Morgan fingerprint density at radius 2 is 2.06 bits per heavy atom. The maximum Gasteiger partial charge on any atom is 0.0632 e. The zero-order valence-corrected chi connectivity index (χ0v) is 10.6. The second-order valence-electron chi connectivity index (χ2n) is 4.19. The molecule has 0 amide bonds. The second-order valence-corrected chi connectivity index (χ2v) is 4.19. The molecule has 0 aliphatic heterocycles. The number of hydrogen-bond acceptors (Lipinski definition) is 4. The van der Waals surface area contributed by atoms with Crippen LogP contribution in [0.5, 0.6) is 0 Å². The van der Waals surface area contributed by atoms with E-state index in [0.29, 0.717) is 0 Å². The van der Waals surface area contributed by atoms with Gasteiger partial charge in [-0.05, 0) is 43.5 Å². The molecule has 0 aliphatic carbocycles. The Balaban J connectivity index is 2.02. The first kappa shape index (κ1) is 12.7. The molecule has 0 saturated carbocycles. The molecule has 5 nitrogen and oxygen atoms in total. The Labute approximate surface area is 107 Å². The van der Waals surface area contributed by atoms with Crippen molar-refractivity contribution in [1.29, 1.82) is 0 Å². The van der Waals surface area contributed by atoms with Gasteiger partial charge in [-0.2, -0.15) is 5.10 Å². The van der Waals surface area contributed by atoms with Crippen molar-refractivity contribution in [3.05, 3.63) is 48.0 Å². The molecule has 1 unspecified atom stereocenters. The molecule has 0 spiro atoms. The van der Waals surface area contributed by atoms with E-state index in [1.54, 1.807) is 0 Å². The third-order valence-corrected chi connectivity index (χ3v) is 3.08. The minimum Gasteiger partial charge on any atom is -0.271 e. The molecule has 2 heterocycles. The van der Waals surface area contributed by atoms with Crippen molar-refractivity contribution >= 4 is 0 Å². The van der Waals surface area contributed by atoms with Gasteiger partial charge in [-0.3, -0.25) is 20.9 Å². The van der Waals surface area contributed by atoms with Crippen LogP contribution in [-0.2, 0) is 13.0 Å². The number of pyridine rings is 1. The zero-order chi connectivity index (χ0) is 12.8. The van der Waals surface area contributed by atoms with E-state index in [2.05, 4.69) is 22.4 Å². The Hall–Kier alpha value is -1.72. The molecule has 5 heteroatoms. The number of nitrogens with one attached hydrogen (secondary N) is 1. The van der Waals surface area contributed by atoms with Crippen molar-refractivity contribution in [2.45, 2.75) is 32.4 Å². The first-order chi connectivity index (χ1) is 8.85. The number of rotatable bonds is 6. The summed E-state index contributed by atoms with van der Waals surface area (Å²) in [6, 6.07) is 6.20. The Morgan fingerprint density at radius 1 is 1.28 bits per heavy atom. The lowest BCUT2D eigenvalue weighted by atomic mass is 10.0. The summed E-state index contributed by atoms with van der Waals surface area (Å²) in [5.74, 6) is 5.65. The fourth-order valence-electron chi connectivity index (χ4n) is 2.08. The molecule has 1 atom stereocenters. The summed E-state index contributed by atoms with van der Waals surface area (Å²) in [6.45, 7) is 2.93. The van der Waals surface area contributed by atoms with Crippen LogP contribution < -0.4 is 11.3 Å². The van der Waals surface area contributed by atoms with Crippen LogP contribution in [0.4, 0.5) is 0 Å². The molecular formula is C13H19N5. The molecule has 2 rings (SSSR count). The molecule has 0 fully saturated rings. The minimum atomic E-state index is 0.126. The van der Waals surface area contributed by atoms with Crippen LogP contribution in [0.25, 0.3) is 0 Å². The van der Waals surface area contributed by atoms with Crippen LogP contribution in [0.1, 0.15) is 30.6 Å². The van der Waals surface area contributed by atoms with Gasteiger partial charge in [0.05, 0.1) is 11.7 Å². The van der Waals surface area contributed by atoms with E-state index in [9.17, 15) is 0 Å². The molecule has 2 aromatic rings. The van der Waals surface area contributed by atoms with E-state index in [0.717, 1.165) is 25.1 Å². The summed E-state index contributed by atoms with van der Waals surface area (Å²) < 4.78 is 1.97. The van der Waals surface area contributed by atoms with E-state index in [1.165, 1.54) is 5.56 Å². The van der Waals surface area contributed by atoms with Crippen molar-refractivity contribution in [3.8, 4) is 0 Å². The average molecular weight is 245 g/mol. The number of aromatic nitrogens is 3. The minimum absolute atomic E-state index is 0.126. The molecule has 0 radical (unpaired) electrons. The lowest BCUT2D eigenvalue weighted by Crippen LogP contribution is -2.30. The van der Waals surface area contributed by atoms with Gasteiger partial charge in [0.1, 0.15) is 0 Å². The molecule has 18 heavy (non-hydrogen) atoms. The van der Waals surface area contributed by atoms with E-state index in [4.69, 9.17) is 5.84 Å². The van der Waals surface area contributed by atoms with Crippen LogP contribution in [0.2, 0.25) is 0 Å². The fourth-order valence-corrected chi connectivity index (χ4v) is 2.08. The first-order valence-electron chi connectivity index (χ1n) is 6.22. The first-order valence-corrected chi connectivity index (χ1v) is 6.22. The summed E-state index contributed by atoms with van der Waals surface area (Å²) in [5.41, 5.74) is 5.28. The lowest BCUT2D eigenvalue weighted by Gasteiger charge is -2.17. The van der Waals surface area contributed by atoms with Crippen molar-refractivity contribution in [1.82, 2.24) is 20.2 Å². The highest BCUT2D eigenvalue weighted by Crippen LogP contribution is 2.18. The normalized spacial score (nSPS) is 12.6. The van der Waals surface area contributed by atoms with E-state index in [1.807, 2.05) is 41.5 Å². The van der Waals surface area contributed by atoms with Crippen LogP contribution in [0.3, 0.4) is 0 Å². The van der Waals surface area contributed by atoms with Gasteiger partial charge in [-0.15, -0.1) is 0 Å². The van der Waals surface area contributed by atoms with E-state index < -0.39 is 0 Å². The van der Waals surface area contributed by atoms with Gasteiger partial charge >= 0.3 is 0 Å². The van der Waals surface area contributed by atoms with Crippen molar-refractivity contribution in [2.75, 3.05) is 0 Å². The van der Waals surface area contributed by atoms with Crippen LogP contribution in [0, 0.1) is 0 Å². The van der Waals surface area contributed by atoms with Gasteiger partial charge in [0.25, 0.3) is 0 Å². The van der Waals surface area contributed by atoms with Crippen LogP contribution >= 0.6 is 0 Å². The van der Waals surface area contributed by atoms with Crippen LogP contribution in [-0.4, -0.2) is 14.8 Å². The van der Waals surface area contributed by atoms with Gasteiger partial charge in [0.2, 0.25) is 0 Å². The molecule has 96 valence electrons. The van der Waals surface area contributed by atoms with Crippen molar-refractivity contribution in [3.63, 3.8) is 0 Å². The molecule has 0 bridgehead atoms. The van der Waals surface area contributed by atoms with Crippen molar-refractivity contribution in [2.24, 2.45) is 5.84 Å². The molecule has 3 N–H and O–H groups in total. The molecule has 0 saturated heterocycles. The molecular weight excluding hydrogens is 226 g/mol. The van der Waals surface area contributed by atoms with Gasteiger partial charge < -0.3 is 0 Å². The standard InChI is InChI=1S/C13H19N5/c1-2-18-13(7-10-16-18)12(17-14)4-3-11-5-8-15-9-6-11/h5-10,12,17H,2-4,14H2,1H3. The highest BCUT2D eigenvalue weighted by atomic mass is 15.3. The predicted octanol–water partition coefficient (Wildman–Crippen LogP) is 1.44. The smallest absolute Gasteiger partial charge is 0.0632 e. The number of nitrogens with zero attached hydrogens (tertiary/aromatic N) is 3. The van der Waals surface area contributed by atoms with Gasteiger partial charge in [0, 0.05) is 25.1 Å². The van der Waals surface area contributed by atoms with Crippen molar-refractivity contribution < 1.29 is 0 Å². The Morgan fingerprint density at radius 3 is 2.72 bits per heavy atom. The summed E-state index contributed by atoms with van der Waals surface area (Å²) in [7, 11) is 0. The summed E-state index contributed by atoms with van der Waals surface area (Å²) in [4.78, 5) is 4.02. The lowest BCUT2D eigenvalue weighted by molar-refractivity contribution is 0.467. The Bertz CT molecular complexity index is 465. The summed E-state index contributed by atoms with van der Waals surface area (Å²) >= 11 is 0. The maximum absolute atomic E-state index is 5.65. The zero-order valence-electron chi connectivity index (χ0n) is 10.6. The Kier molecular flexibility index (Phi) is 4.44. The summed E-state index contributed by atoms with van der Waals surface area (Å²) in [5, 5.41) is 4.27. The quantitative estimate of drug-likeness (QED) is 0.597. The van der Waals surface area contributed by atoms with E-state index >= 15 is 0 Å². The fraction of sp³-hybridized carbons (Fsp3) is 0.385. The highest BCUT2D eigenvalue weighted by Gasteiger charge is 2.13. The number of nitrogens with two attached hydrogens (primary N) is 1. The van der Waals surface area contributed by atoms with Crippen LogP contribution in [0.15, 0.2) is 36.8 Å². The second kappa shape index (κ2) is 6.28. The average Bonchev–Trinajstić information content (AvgIpc) is 2.89. The number of hydrazine groups is 1. The maximum atomic E-state index is 5.65. The SMILES string of the molecule is CCn1nccc1C(CCc1ccncc1)NN. The van der Waals surface area contributed by atoms with Gasteiger partial charge in [-0.1, -0.05) is 0 Å². The topological polar surface area (TPSA) is 68.8 Å². The predicted molar refractivity (Wildman–Crippen MR) is 70.5 cm³/mol. The molecule has 0 aromatic carbocycles. The largest absolute Gasteiger partial charge is 0.271 e. The third-order valence-electron chi connectivity index (χ3n) is 3.08.